The van der Waals surface area contributed by atoms with Crippen LogP contribution in [0.1, 0.15) is 26.2 Å². The normalized spacial score (nSPS) is 16.7. The van der Waals surface area contributed by atoms with Gasteiger partial charge in [0, 0.05) is 6.61 Å². The molecule has 21 heavy (non-hydrogen) atoms. The Hall–Kier alpha value is -0.0100. The van der Waals surface area contributed by atoms with Crippen LogP contribution >= 0.6 is 7.82 Å². The second-order valence-electron chi connectivity index (χ2n) is 5.97. The highest BCUT2D eigenvalue weighted by atomic mass is 31.2. The molecular formula is C13H30NO6P. The molecule has 1 unspecified atom stereocenters. The van der Waals surface area contributed by atoms with E-state index in [-0.39, 0.29) is 19.8 Å². The van der Waals surface area contributed by atoms with Crippen molar-refractivity contribution in [2.75, 3.05) is 54.1 Å². The van der Waals surface area contributed by atoms with Gasteiger partial charge >= 0.3 is 0 Å². The number of nitrogens with zero attached hydrogens (tertiary/aromatic N) is 1. The van der Waals surface area contributed by atoms with Gasteiger partial charge in [0.25, 0.3) is 7.82 Å². The molecule has 0 saturated carbocycles. The van der Waals surface area contributed by atoms with Crippen molar-refractivity contribution >= 4 is 7.82 Å². The molecule has 0 aliphatic carbocycles. The van der Waals surface area contributed by atoms with Crippen molar-refractivity contribution in [2.45, 2.75) is 32.3 Å². The predicted molar refractivity (Wildman–Crippen MR) is 78.8 cm³/mol. The Kier molecular flexibility index (Phi) is 10.7. The van der Waals surface area contributed by atoms with Crippen LogP contribution in [0.3, 0.4) is 0 Å². The predicted octanol–water partition coefficient (Wildman–Crippen LogP) is 0.762. The highest BCUT2D eigenvalue weighted by Gasteiger charge is 2.16. The summed E-state index contributed by atoms with van der Waals surface area (Å²) in [5, 5.41) is 9.12. The third-order valence-electron chi connectivity index (χ3n) is 2.74. The number of phosphoric acid groups is 1. The molecule has 0 radical (unpaired) electrons. The molecule has 0 rings (SSSR count). The van der Waals surface area contributed by atoms with E-state index in [1.165, 1.54) is 0 Å². The zero-order chi connectivity index (χ0) is 16.4. The summed E-state index contributed by atoms with van der Waals surface area (Å²) in [7, 11) is 1.47. The van der Waals surface area contributed by atoms with Gasteiger partial charge in [-0.25, -0.2) is 0 Å². The van der Waals surface area contributed by atoms with Gasteiger partial charge < -0.3 is 28.3 Å². The molecule has 0 aliphatic rings. The molecule has 0 bridgehead atoms. The Morgan fingerprint density at radius 3 is 2.38 bits per heavy atom. The fourth-order valence-electron chi connectivity index (χ4n) is 1.39. The molecule has 128 valence electrons. The van der Waals surface area contributed by atoms with Gasteiger partial charge in [0.2, 0.25) is 0 Å². The summed E-state index contributed by atoms with van der Waals surface area (Å²) >= 11 is 0. The number of unbranched alkanes of at least 4 members (excludes halogenated alkanes) is 2. The Labute approximate surface area is 128 Å². The molecule has 0 aromatic carbocycles. The average molecular weight is 327 g/mol. The third kappa shape index (κ3) is 13.4. The first-order valence-corrected chi connectivity index (χ1v) is 8.79. The summed E-state index contributed by atoms with van der Waals surface area (Å²) in [5.41, 5.74) is 0. The number of phosphoric ester groups is 1. The van der Waals surface area contributed by atoms with Crippen molar-refractivity contribution in [1.29, 1.82) is 0 Å². The van der Waals surface area contributed by atoms with E-state index in [1.807, 2.05) is 21.1 Å². The van der Waals surface area contributed by atoms with Gasteiger partial charge in [0.15, 0.2) is 0 Å². The number of hydrogen-bond acceptors (Lipinski definition) is 6. The smallest absolute Gasteiger partial charge is 0.268 e. The van der Waals surface area contributed by atoms with E-state index in [0.717, 1.165) is 19.3 Å². The van der Waals surface area contributed by atoms with Gasteiger partial charge in [0.1, 0.15) is 19.3 Å². The van der Waals surface area contributed by atoms with Crippen molar-refractivity contribution in [3.05, 3.63) is 0 Å². The van der Waals surface area contributed by atoms with Crippen LogP contribution in [0.5, 0.6) is 0 Å². The largest absolute Gasteiger partial charge is 0.756 e. The zero-order valence-corrected chi connectivity index (χ0v) is 14.5. The SMILES string of the molecule is CCCCCO[C@@H](CO)COP(=O)([O-])OCC[N+](C)(C)C. The van der Waals surface area contributed by atoms with E-state index in [9.17, 15) is 9.46 Å². The molecule has 0 aromatic heterocycles. The highest BCUT2D eigenvalue weighted by Crippen LogP contribution is 2.38. The number of quaternary nitrogens is 1. The Morgan fingerprint density at radius 1 is 1.19 bits per heavy atom. The van der Waals surface area contributed by atoms with Crippen LogP contribution in [0.15, 0.2) is 0 Å². The standard InChI is InChI=1S/C13H30NO6P/c1-5-6-7-9-18-13(11-15)12-20-21(16,17)19-10-8-14(2,3)4/h13,15H,5-12H2,1-4H3/t13-/m0/s1. The van der Waals surface area contributed by atoms with Crippen molar-refractivity contribution in [1.82, 2.24) is 0 Å². The topological polar surface area (TPSA) is 88.0 Å². The van der Waals surface area contributed by atoms with Crippen LogP contribution in [0, 0.1) is 0 Å². The van der Waals surface area contributed by atoms with Crippen molar-refractivity contribution in [3.8, 4) is 0 Å². The van der Waals surface area contributed by atoms with Crippen molar-refractivity contribution < 1.29 is 32.8 Å². The lowest BCUT2D eigenvalue weighted by Gasteiger charge is -2.28. The second kappa shape index (κ2) is 10.7. The Balaban J connectivity index is 3.94. The van der Waals surface area contributed by atoms with Gasteiger partial charge in [-0.1, -0.05) is 19.8 Å². The van der Waals surface area contributed by atoms with E-state index >= 15 is 0 Å². The molecule has 0 fully saturated rings. The molecule has 8 heteroatoms. The van der Waals surface area contributed by atoms with Crippen LogP contribution < -0.4 is 4.89 Å². The molecule has 0 amide bonds. The summed E-state index contributed by atoms with van der Waals surface area (Å²) in [6.07, 6.45) is 2.33. The summed E-state index contributed by atoms with van der Waals surface area (Å²) in [6.45, 7) is 2.65. The first-order chi connectivity index (χ1) is 9.70. The lowest BCUT2D eigenvalue weighted by Crippen LogP contribution is -2.37. The van der Waals surface area contributed by atoms with E-state index in [0.29, 0.717) is 17.6 Å². The summed E-state index contributed by atoms with van der Waals surface area (Å²) in [4.78, 5) is 11.6. The lowest BCUT2D eigenvalue weighted by atomic mass is 10.3. The third-order valence-corrected chi connectivity index (χ3v) is 3.70. The van der Waals surface area contributed by atoms with Gasteiger partial charge in [-0.05, 0) is 6.42 Å². The first-order valence-electron chi connectivity index (χ1n) is 7.33. The number of hydrogen-bond donors (Lipinski definition) is 1. The van der Waals surface area contributed by atoms with Gasteiger partial charge in [-0.2, -0.15) is 0 Å². The van der Waals surface area contributed by atoms with Gasteiger partial charge in [0.05, 0.1) is 34.4 Å². The number of aliphatic hydroxyl groups is 1. The maximum Gasteiger partial charge on any atom is 0.268 e. The maximum atomic E-state index is 11.6. The van der Waals surface area contributed by atoms with Gasteiger partial charge in [-0.15, -0.1) is 0 Å². The first kappa shape index (κ1) is 21.0. The van der Waals surface area contributed by atoms with E-state index < -0.39 is 13.9 Å². The number of rotatable bonds is 13. The Bertz CT molecular complexity index is 308. The van der Waals surface area contributed by atoms with Crippen LogP contribution in [0.2, 0.25) is 0 Å². The molecule has 0 aliphatic heterocycles. The minimum atomic E-state index is -4.34. The fourth-order valence-corrected chi connectivity index (χ4v) is 2.12. The molecular weight excluding hydrogens is 297 g/mol. The lowest BCUT2D eigenvalue weighted by molar-refractivity contribution is -0.870. The number of ether oxygens (including phenoxy) is 1. The molecule has 0 heterocycles. The molecule has 2 atom stereocenters. The summed E-state index contributed by atoms with van der Waals surface area (Å²) in [5.74, 6) is 0. The molecule has 0 spiro atoms. The fraction of sp³-hybridized carbons (Fsp3) is 1.00. The van der Waals surface area contributed by atoms with Crippen LogP contribution in [-0.2, 0) is 18.3 Å². The second-order valence-corrected chi connectivity index (χ2v) is 7.38. The van der Waals surface area contributed by atoms with E-state index in [2.05, 4.69) is 6.92 Å². The molecule has 0 saturated heterocycles. The minimum absolute atomic E-state index is 0.0609. The summed E-state index contributed by atoms with van der Waals surface area (Å²) < 4.78 is 27.0. The number of aliphatic hydroxyl groups excluding tert-OH is 1. The van der Waals surface area contributed by atoms with Crippen molar-refractivity contribution in [2.24, 2.45) is 0 Å². The Morgan fingerprint density at radius 2 is 1.86 bits per heavy atom. The van der Waals surface area contributed by atoms with Crippen LogP contribution in [0.25, 0.3) is 0 Å². The highest BCUT2D eigenvalue weighted by molar-refractivity contribution is 7.45. The monoisotopic (exact) mass is 327 g/mol. The van der Waals surface area contributed by atoms with E-state index in [1.54, 1.807) is 0 Å². The average Bonchev–Trinajstić information content (AvgIpc) is 2.36. The maximum absolute atomic E-state index is 11.6. The number of likely N-dealkylation sites (N-methyl/N-ethyl adjacent to an activating group) is 1. The quantitative estimate of drug-likeness (QED) is 0.305. The molecule has 7 nitrogen and oxygen atoms in total. The van der Waals surface area contributed by atoms with Crippen LogP contribution in [0.4, 0.5) is 0 Å². The van der Waals surface area contributed by atoms with Crippen molar-refractivity contribution in [3.63, 3.8) is 0 Å². The van der Waals surface area contributed by atoms with Crippen LogP contribution in [-0.4, -0.2) is 69.8 Å². The molecule has 0 aromatic rings. The molecule has 1 N–H and O–H groups in total. The van der Waals surface area contributed by atoms with E-state index in [4.69, 9.17) is 18.9 Å². The summed E-state index contributed by atoms with van der Waals surface area (Å²) in [6, 6.07) is 0. The van der Waals surface area contributed by atoms with Gasteiger partial charge in [-0.3, -0.25) is 4.57 Å². The minimum Gasteiger partial charge on any atom is -0.756 e. The zero-order valence-electron chi connectivity index (χ0n) is 13.6.